The molecule has 4 heteroatoms. The molecule has 1 aromatic rings. The topological polar surface area (TPSA) is 16.1 Å². The average Bonchev–Trinajstić information content (AvgIpc) is 2.33. The fraction of sp³-hybridized carbons (Fsp3) is 0.571. The van der Waals surface area contributed by atoms with Crippen LogP contribution in [0.5, 0.6) is 0 Å². The van der Waals surface area contributed by atoms with E-state index >= 15 is 0 Å². The van der Waals surface area contributed by atoms with Gasteiger partial charge in [0, 0.05) is 19.5 Å². The summed E-state index contributed by atoms with van der Waals surface area (Å²) in [4.78, 5) is 6.30. The second-order valence-electron chi connectivity index (χ2n) is 2.57. The van der Waals surface area contributed by atoms with Gasteiger partial charge in [-0.05, 0) is 6.92 Å². The Labute approximate surface area is 75.8 Å². The highest BCUT2D eigenvalue weighted by atomic mass is 35.5. The van der Waals surface area contributed by atoms with Crippen LogP contribution < -0.4 is 4.90 Å². The third-order valence-electron chi connectivity index (χ3n) is 1.30. The van der Waals surface area contributed by atoms with Gasteiger partial charge in [0.1, 0.15) is 0 Å². The molecule has 62 valence electrons. The minimum absolute atomic E-state index is 0.0138. The largest absolute Gasteiger partial charge is 0.354 e. The maximum absolute atomic E-state index is 5.85. The highest BCUT2D eigenvalue weighted by Crippen LogP contribution is 2.25. The van der Waals surface area contributed by atoms with Crippen LogP contribution in [0.3, 0.4) is 0 Å². The van der Waals surface area contributed by atoms with Gasteiger partial charge in [0.15, 0.2) is 5.13 Å². The normalized spacial score (nSPS) is 13.1. The maximum atomic E-state index is 5.85. The lowest BCUT2D eigenvalue weighted by atomic mass is 10.4. The summed E-state index contributed by atoms with van der Waals surface area (Å²) in [6.07, 6.45) is 0. The number of rotatable bonds is 2. The van der Waals surface area contributed by atoms with Crippen LogP contribution in [-0.4, -0.2) is 19.1 Å². The Bertz CT molecular complexity index is 210. The molecule has 0 aliphatic rings. The summed E-state index contributed by atoms with van der Waals surface area (Å²) in [6, 6.07) is 0. The minimum Gasteiger partial charge on any atom is -0.354 e. The van der Waals surface area contributed by atoms with Crippen molar-refractivity contribution in [1.29, 1.82) is 0 Å². The van der Waals surface area contributed by atoms with Crippen LogP contribution in [0.15, 0.2) is 5.38 Å². The first kappa shape index (κ1) is 8.81. The van der Waals surface area contributed by atoms with Gasteiger partial charge in [0.05, 0.1) is 11.1 Å². The molecular weight excluding hydrogens is 180 g/mol. The fourth-order valence-corrected chi connectivity index (χ4v) is 1.70. The van der Waals surface area contributed by atoms with Crippen LogP contribution >= 0.6 is 22.9 Å². The summed E-state index contributed by atoms with van der Waals surface area (Å²) in [7, 11) is 3.95. The van der Waals surface area contributed by atoms with Gasteiger partial charge < -0.3 is 4.90 Å². The van der Waals surface area contributed by atoms with E-state index < -0.39 is 0 Å². The molecule has 0 aromatic carbocycles. The molecule has 11 heavy (non-hydrogen) atoms. The minimum atomic E-state index is 0.0138. The second kappa shape index (κ2) is 3.41. The Kier molecular flexibility index (Phi) is 2.73. The lowest BCUT2D eigenvalue weighted by molar-refractivity contribution is 0.995. The molecule has 1 aromatic heterocycles. The lowest BCUT2D eigenvalue weighted by Crippen LogP contribution is -2.08. The molecule has 0 bridgehead atoms. The molecule has 0 radical (unpaired) electrons. The van der Waals surface area contributed by atoms with Crippen molar-refractivity contribution in [3.05, 3.63) is 11.1 Å². The van der Waals surface area contributed by atoms with Gasteiger partial charge in [-0.15, -0.1) is 22.9 Å². The average molecular weight is 191 g/mol. The highest BCUT2D eigenvalue weighted by Gasteiger charge is 2.07. The Morgan fingerprint density at radius 1 is 1.64 bits per heavy atom. The molecule has 0 aliphatic heterocycles. The zero-order valence-corrected chi connectivity index (χ0v) is 8.41. The molecule has 1 unspecified atom stereocenters. The van der Waals surface area contributed by atoms with Gasteiger partial charge in [0.25, 0.3) is 0 Å². The third-order valence-corrected chi connectivity index (χ3v) is 2.55. The molecule has 0 aliphatic carbocycles. The zero-order chi connectivity index (χ0) is 8.43. The molecule has 2 nitrogen and oxygen atoms in total. The summed E-state index contributed by atoms with van der Waals surface area (Å²) in [5.74, 6) is 0. The summed E-state index contributed by atoms with van der Waals surface area (Å²) in [6.45, 7) is 1.93. The van der Waals surface area contributed by atoms with Crippen molar-refractivity contribution in [3.63, 3.8) is 0 Å². The van der Waals surface area contributed by atoms with Crippen LogP contribution in [0, 0.1) is 0 Å². The molecule has 1 atom stereocenters. The van der Waals surface area contributed by atoms with E-state index in [4.69, 9.17) is 11.6 Å². The van der Waals surface area contributed by atoms with Crippen molar-refractivity contribution in [1.82, 2.24) is 4.98 Å². The van der Waals surface area contributed by atoms with E-state index in [1.54, 1.807) is 11.3 Å². The fourth-order valence-electron chi connectivity index (χ4n) is 0.664. The molecule has 0 spiro atoms. The van der Waals surface area contributed by atoms with Crippen LogP contribution in [-0.2, 0) is 0 Å². The van der Waals surface area contributed by atoms with Crippen molar-refractivity contribution in [2.45, 2.75) is 12.3 Å². The van der Waals surface area contributed by atoms with Crippen molar-refractivity contribution in [2.75, 3.05) is 19.0 Å². The van der Waals surface area contributed by atoms with Gasteiger partial charge in [-0.3, -0.25) is 0 Å². The molecule has 0 saturated carbocycles. The van der Waals surface area contributed by atoms with Gasteiger partial charge in [-0.25, -0.2) is 4.98 Å². The van der Waals surface area contributed by atoms with Gasteiger partial charge in [-0.2, -0.15) is 0 Å². The van der Waals surface area contributed by atoms with Crippen molar-refractivity contribution < 1.29 is 0 Å². The molecule has 0 N–H and O–H groups in total. The number of hydrogen-bond acceptors (Lipinski definition) is 3. The predicted octanol–water partition coefficient (Wildman–Crippen LogP) is 2.51. The number of alkyl halides is 1. The van der Waals surface area contributed by atoms with E-state index in [-0.39, 0.29) is 5.38 Å². The molecule has 0 amide bonds. The van der Waals surface area contributed by atoms with Crippen LogP contribution in [0.4, 0.5) is 5.13 Å². The number of halogens is 1. The van der Waals surface area contributed by atoms with Crippen LogP contribution in [0.25, 0.3) is 0 Å². The number of nitrogens with zero attached hydrogens (tertiary/aromatic N) is 2. The van der Waals surface area contributed by atoms with Gasteiger partial charge >= 0.3 is 0 Å². The number of hydrogen-bond donors (Lipinski definition) is 0. The molecule has 1 heterocycles. The van der Waals surface area contributed by atoms with Crippen LogP contribution in [0.1, 0.15) is 18.0 Å². The van der Waals surface area contributed by atoms with E-state index in [1.807, 2.05) is 31.3 Å². The Hall–Kier alpha value is -0.280. The van der Waals surface area contributed by atoms with Crippen molar-refractivity contribution in [2.24, 2.45) is 0 Å². The Morgan fingerprint density at radius 2 is 2.27 bits per heavy atom. The van der Waals surface area contributed by atoms with E-state index in [2.05, 4.69) is 4.98 Å². The smallest absolute Gasteiger partial charge is 0.185 e. The van der Waals surface area contributed by atoms with Gasteiger partial charge in [0.2, 0.25) is 0 Å². The summed E-state index contributed by atoms with van der Waals surface area (Å²) in [5, 5.41) is 3.01. The Morgan fingerprint density at radius 3 is 2.55 bits per heavy atom. The number of aromatic nitrogens is 1. The first-order valence-corrected chi connectivity index (χ1v) is 4.69. The van der Waals surface area contributed by atoms with Crippen molar-refractivity contribution in [3.8, 4) is 0 Å². The molecule has 1 rings (SSSR count). The van der Waals surface area contributed by atoms with Crippen LogP contribution in [0.2, 0.25) is 0 Å². The van der Waals surface area contributed by atoms with E-state index in [9.17, 15) is 0 Å². The number of thiazole rings is 1. The third kappa shape index (κ3) is 2.07. The highest BCUT2D eigenvalue weighted by molar-refractivity contribution is 7.13. The monoisotopic (exact) mass is 190 g/mol. The first-order chi connectivity index (χ1) is 5.11. The van der Waals surface area contributed by atoms with Crippen molar-refractivity contribution >= 4 is 28.1 Å². The predicted molar refractivity (Wildman–Crippen MR) is 50.7 cm³/mol. The molecular formula is C7H11ClN2S. The second-order valence-corrected chi connectivity index (χ2v) is 4.06. The zero-order valence-electron chi connectivity index (χ0n) is 6.84. The van der Waals surface area contributed by atoms with E-state index in [0.717, 1.165) is 10.8 Å². The van der Waals surface area contributed by atoms with E-state index in [0.29, 0.717) is 0 Å². The SMILES string of the molecule is CC(Cl)c1csc(N(C)C)n1. The first-order valence-electron chi connectivity index (χ1n) is 3.38. The van der Waals surface area contributed by atoms with Gasteiger partial charge in [-0.1, -0.05) is 0 Å². The standard InChI is InChI=1S/C7H11ClN2S/c1-5(8)6-4-11-7(9-6)10(2)3/h4-5H,1-3H3. The lowest BCUT2D eigenvalue weighted by Gasteiger charge is -2.05. The summed E-state index contributed by atoms with van der Waals surface area (Å²) >= 11 is 7.46. The summed E-state index contributed by atoms with van der Waals surface area (Å²) in [5.41, 5.74) is 0.959. The number of anilines is 1. The maximum Gasteiger partial charge on any atom is 0.185 e. The quantitative estimate of drug-likeness (QED) is 0.667. The Balaban J connectivity index is 2.82. The molecule has 0 saturated heterocycles. The summed E-state index contributed by atoms with van der Waals surface area (Å²) < 4.78 is 0. The molecule has 0 fully saturated rings. The van der Waals surface area contributed by atoms with E-state index in [1.165, 1.54) is 0 Å².